The highest BCUT2D eigenvalue weighted by Gasteiger charge is 2.20. The lowest BCUT2D eigenvalue weighted by Gasteiger charge is -2.34. The molecule has 1 fully saturated rings. The Bertz CT molecular complexity index is 151. The molecule has 0 aromatic rings. The summed E-state index contributed by atoms with van der Waals surface area (Å²) < 4.78 is 5.60. The van der Waals surface area contributed by atoms with Gasteiger partial charge in [0.25, 0.3) is 0 Å². The van der Waals surface area contributed by atoms with E-state index in [-0.39, 0.29) is 0 Å². The molecule has 0 aromatic heterocycles. The zero-order valence-electron chi connectivity index (χ0n) is 7.66. The van der Waals surface area contributed by atoms with E-state index in [1.54, 1.807) is 5.54 Å². The highest BCUT2D eigenvalue weighted by atomic mass is 35.5. The van der Waals surface area contributed by atoms with Crippen LogP contribution in [0.4, 0.5) is 0 Å². The Morgan fingerprint density at radius 1 is 1.42 bits per heavy atom. The molecular formula is C9H16ClNO. The molecule has 3 heteroatoms. The van der Waals surface area contributed by atoms with Gasteiger partial charge in [-0.1, -0.05) is 17.7 Å². The van der Waals surface area contributed by atoms with Gasteiger partial charge in [0.15, 0.2) is 0 Å². The second-order valence-electron chi connectivity index (χ2n) is 3.34. The highest BCUT2D eigenvalue weighted by molar-refractivity contribution is 6.25. The summed E-state index contributed by atoms with van der Waals surface area (Å²) in [6, 6.07) is 0. The van der Waals surface area contributed by atoms with E-state index in [1.807, 2.05) is 6.08 Å². The molecular weight excluding hydrogens is 174 g/mol. The van der Waals surface area contributed by atoms with Crippen LogP contribution in [0.1, 0.15) is 13.8 Å². The third-order valence-corrected chi connectivity index (χ3v) is 2.13. The predicted octanol–water partition coefficient (Wildman–Crippen LogP) is 1.85. The molecule has 1 saturated heterocycles. The second kappa shape index (κ2) is 4.85. The minimum atomic E-state index is 0.345. The van der Waals surface area contributed by atoms with E-state index in [9.17, 15) is 0 Å². The van der Waals surface area contributed by atoms with Crippen molar-refractivity contribution in [1.29, 1.82) is 0 Å². The number of morpholine rings is 1. The average molecular weight is 190 g/mol. The molecule has 0 N–H and O–H groups in total. The van der Waals surface area contributed by atoms with Crippen LogP contribution in [-0.4, -0.2) is 36.7 Å². The topological polar surface area (TPSA) is 12.5 Å². The number of hydrogen-bond donors (Lipinski definition) is 0. The van der Waals surface area contributed by atoms with Gasteiger partial charge in [-0.3, -0.25) is 4.90 Å². The molecule has 1 rings (SSSR count). The molecule has 2 nitrogen and oxygen atoms in total. The standard InChI is InChI=1S/C9H16ClNO/c1-8-6-11(5-3-4-10)7-9(2)12-8/h3-4,8-9H,5-7H2,1-2H3/b4-3+/t8-,9+. The molecule has 70 valence electrons. The van der Waals surface area contributed by atoms with Crippen LogP contribution in [0, 0.1) is 0 Å². The van der Waals surface area contributed by atoms with Gasteiger partial charge in [-0.15, -0.1) is 0 Å². The smallest absolute Gasteiger partial charge is 0.0678 e. The lowest BCUT2D eigenvalue weighted by Crippen LogP contribution is -2.45. The fourth-order valence-corrected chi connectivity index (χ4v) is 1.70. The number of ether oxygens (including phenoxy) is 1. The van der Waals surface area contributed by atoms with Crippen LogP contribution in [0.5, 0.6) is 0 Å². The molecule has 0 radical (unpaired) electrons. The first-order valence-electron chi connectivity index (χ1n) is 4.35. The Balaban J connectivity index is 2.33. The van der Waals surface area contributed by atoms with E-state index in [0.29, 0.717) is 12.2 Å². The Hall–Kier alpha value is -0.0500. The van der Waals surface area contributed by atoms with Gasteiger partial charge in [0, 0.05) is 25.2 Å². The molecule has 0 bridgehead atoms. The van der Waals surface area contributed by atoms with Crippen molar-refractivity contribution in [2.75, 3.05) is 19.6 Å². The van der Waals surface area contributed by atoms with Crippen LogP contribution in [0.2, 0.25) is 0 Å². The van der Waals surface area contributed by atoms with Crippen LogP contribution in [0.15, 0.2) is 11.6 Å². The minimum absolute atomic E-state index is 0.345. The van der Waals surface area contributed by atoms with E-state index in [0.717, 1.165) is 19.6 Å². The van der Waals surface area contributed by atoms with E-state index in [4.69, 9.17) is 16.3 Å². The van der Waals surface area contributed by atoms with Gasteiger partial charge in [-0.2, -0.15) is 0 Å². The first-order valence-corrected chi connectivity index (χ1v) is 4.79. The van der Waals surface area contributed by atoms with Crippen molar-refractivity contribution in [3.05, 3.63) is 11.6 Å². The van der Waals surface area contributed by atoms with Crippen molar-refractivity contribution in [2.45, 2.75) is 26.1 Å². The van der Waals surface area contributed by atoms with E-state index in [2.05, 4.69) is 18.7 Å². The summed E-state index contributed by atoms with van der Waals surface area (Å²) >= 11 is 5.46. The Morgan fingerprint density at radius 2 is 2.00 bits per heavy atom. The quantitative estimate of drug-likeness (QED) is 0.658. The molecule has 0 amide bonds. The SMILES string of the molecule is C[C@@H]1CN(C/C=C/Cl)C[C@H](C)O1. The Kier molecular flexibility index (Phi) is 4.06. The number of rotatable bonds is 2. The molecule has 12 heavy (non-hydrogen) atoms. The van der Waals surface area contributed by atoms with Gasteiger partial charge in [-0.05, 0) is 13.8 Å². The molecule has 0 aromatic carbocycles. The fourth-order valence-electron chi connectivity index (χ4n) is 1.62. The average Bonchev–Trinajstić information content (AvgIpc) is 1.99. The van der Waals surface area contributed by atoms with Crippen molar-refractivity contribution in [2.24, 2.45) is 0 Å². The van der Waals surface area contributed by atoms with Crippen LogP contribution in [-0.2, 0) is 4.74 Å². The van der Waals surface area contributed by atoms with E-state index in [1.165, 1.54) is 0 Å². The van der Waals surface area contributed by atoms with Gasteiger partial charge in [0.2, 0.25) is 0 Å². The normalized spacial score (nSPS) is 32.9. The summed E-state index contributed by atoms with van der Waals surface area (Å²) in [6.45, 7) is 7.15. The van der Waals surface area contributed by atoms with Gasteiger partial charge in [0.05, 0.1) is 12.2 Å². The summed E-state index contributed by atoms with van der Waals surface area (Å²) in [4.78, 5) is 2.34. The second-order valence-corrected chi connectivity index (χ2v) is 3.59. The van der Waals surface area contributed by atoms with Crippen molar-refractivity contribution in [1.82, 2.24) is 4.90 Å². The molecule has 0 aliphatic carbocycles. The monoisotopic (exact) mass is 189 g/mol. The maximum atomic E-state index is 5.60. The third-order valence-electron chi connectivity index (χ3n) is 1.95. The van der Waals surface area contributed by atoms with Crippen molar-refractivity contribution < 1.29 is 4.74 Å². The first kappa shape index (κ1) is 10.0. The Labute approximate surface area is 79.1 Å². The van der Waals surface area contributed by atoms with Gasteiger partial charge < -0.3 is 4.74 Å². The van der Waals surface area contributed by atoms with Crippen molar-refractivity contribution in [3.63, 3.8) is 0 Å². The van der Waals surface area contributed by atoms with Gasteiger partial charge in [0.1, 0.15) is 0 Å². The van der Waals surface area contributed by atoms with Crippen LogP contribution < -0.4 is 0 Å². The van der Waals surface area contributed by atoms with Crippen molar-refractivity contribution >= 4 is 11.6 Å². The molecule has 2 atom stereocenters. The first-order chi connectivity index (χ1) is 5.72. The van der Waals surface area contributed by atoms with Crippen LogP contribution in [0.3, 0.4) is 0 Å². The summed E-state index contributed by atoms with van der Waals surface area (Å²) in [5.74, 6) is 0. The number of hydrogen-bond acceptors (Lipinski definition) is 2. The molecule has 1 aliphatic heterocycles. The largest absolute Gasteiger partial charge is 0.373 e. The molecule has 0 saturated carbocycles. The minimum Gasteiger partial charge on any atom is -0.373 e. The third kappa shape index (κ3) is 3.13. The predicted molar refractivity (Wildman–Crippen MR) is 51.4 cm³/mol. The van der Waals surface area contributed by atoms with Crippen molar-refractivity contribution in [3.8, 4) is 0 Å². The van der Waals surface area contributed by atoms with E-state index < -0.39 is 0 Å². The molecule has 1 aliphatic rings. The lowest BCUT2D eigenvalue weighted by molar-refractivity contribution is -0.0646. The zero-order valence-corrected chi connectivity index (χ0v) is 8.42. The lowest BCUT2D eigenvalue weighted by atomic mass is 10.2. The summed E-state index contributed by atoms with van der Waals surface area (Å²) in [6.07, 6.45) is 2.65. The molecule has 0 unspecified atom stereocenters. The van der Waals surface area contributed by atoms with E-state index >= 15 is 0 Å². The van der Waals surface area contributed by atoms with Gasteiger partial charge in [-0.25, -0.2) is 0 Å². The maximum Gasteiger partial charge on any atom is 0.0678 e. The zero-order chi connectivity index (χ0) is 8.97. The van der Waals surface area contributed by atoms with Crippen LogP contribution >= 0.6 is 11.6 Å². The summed E-state index contributed by atoms with van der Waals surface area (Å²) in [5, 5.41) is 0. The fraction of sp³-hybridized carbons (Fsp3) is 0.778. The Morgan fingerprint density at radius 3 is 2.50 bits per heavy atom. The maximum absolute atomic E-state index is 5.60. The number of nitrogens with zero attached hydrogens (tertiary/aromatic N) is 1. The number of halogens is 1. The summed E-state index contributed by atoms with van der Waals surface area (Å²) in [7, 11) is 0. The molecule has 1 heterocycles. The van der Waals surface area contributed by atoms with Gasteiger partial charge >= 0.3 is 0 Å². The summed E-state index contributed by atoms with van der Waals surface area (Å²) in [5.41, 5.74) is 1.57. The molecule has 0 spiro atoms. The van der Waals surface area contributed by atoms with Crippen LogP contribution in [0.25, 0.3) is 0 Å². The highest BCUT2D eigenvalue weighted by Crippen LogP contribution is 2.09.